The maximum absolute atomic E-state index is 13.4. The summed E-state index contributed by atoms with van der Waals surface area (Å²) in [7, 11) is 3.92. The average Bonchev–Trinajstić information content (AvgIpc) is 3.33. The minimum absolute atomic E-state index is 0.0964. The molecule has 0 unspecified atom stereocenters. The number of nitrogens with zero attached hydrogens (tertiary/aromatic N) is 4. The number of likely N-dealkylation sites (tertiary alicyclic amines) is 1. The molecule has 1 aromatic carbocycles. The lowest BCUT2D eigenvalue weighted by Crippen LogP contribution is -2.46. The van der Waals surface area contributed by atoms with Crippen LogP contribution in [-0.2, 0) is 17.6 Å². The molecular formula is C26H37N5O3. The number of fused-ring (bicyclic) bond motifs is 3. The summed E-state index contributed by atoms with van der Waals surface area (Å²) >= 11 is 0. The molecule has 0 atom stereocenters. The van der Waals surface area contributed by atoms with Crippen molar-refractivity contribution in [2.45, 2.75) is 38.1 Å². The number of benzene rings is 1. The van der Waals surface area contributed by atoms with Crippen LogP contribution in [0.5, 0.6) is 5.75 Å². The van der Waals surface area contributed by atoms with Gasteiger partial charge in [0.15, 0.2) is 0 Å². The minimum Gasteiger partial charge on any atom is -0.497 e. The summed E-state index contributed by atoms with van der Waals surface area (Å²) in [5.74, 6) is 0.960. The number of piperidine rings is 1. The lowest BCUT2D eigenvalue weighted by Gasteiger charge is -2.37. The van der Waals surface area contributed by atoms with E-state index in [-0.39, 0.29) is 5.91 Å². The van der Waals surface area contributed by atoms with Crippen molar-refractivity contribution in [3.63, 3.8) is 0 Å². The Morgan fingerprint density at radius 1 is 1.21 bits per heavy atom. The first-order chi connectivity index (χ1) is 16.6. The molecule has 8 nitrogen and oxygen atoms in total. The highest BCUT2D eigenvalue weighted by Gasteiger charge is 2.31. The number of methoxy groups -OCH3 is 1. The predicted octanol–water partition coefficient (Wildman–Crippen LogP) is 2.44. The first-order valence-electron chi connectivity index (χ1n) is 12.7. The van der Waals surface area contributed by atoms with E-state index in [2.05, 4.69) is 39.2 Å². The minimum atomic E-state index is 0.0964. The Bertz CT molecular complexity index is 992. The summed E-state index contributed by atoms with van der Waals surface area (Å²) in [4.78, 5) is 20.4. The van der Waals surface area contributed by atoms with Crippen LogP contribution in [0.3, 0.4) is 0 Å². The molecule has 0 radical (unpaired) electrons. The van der Waals surface area contributed by atoms with Gasteiger partial charge in [0, 0.05) is 43.3 Å². The highest BCUT2D eigenvalue weighted by atomic mass is 16.5. The Morgan fingerprint density at radius 3 is 2.76 bits per heavy atom. The van der Waals surface area contributed by atoms with Crippen LogP contribution in [0, 0.1) is 0 Å². The molecule has 1 aliphatic carbocycles. The fourth-order valence-corrected chi connectivity index (χ4v) is 5.62. The van der Waals surface area contributed by atoms with Crippen LogP contribution in [-0.4, -0.2) is 103 Å². The molecule has 184 valence electrons. The van der Waals surface area contributed by atoms with Gasteiger partial charge < -0.3 is 19.3 Å². The maximum Gasteiger partial charge on any atom is 0.272 e. The fourth-order valence-electron chi connectivity index (χ4n) is 5.62. The molecule has 0 saturated carbocycles. The molecular weight excluding hydrogens is 430 g/mol. The van der Waals surface area contributed by atoms with Gasteiger partial charge in [-0.2, -0.15) is 5.10 Å². The van der Waals surface area contributed by atoms with Crippen LogP contribution in [0.15, 0.2) is 18.2 Å². The van der Waals surface area contributed by atoms with E-state index >= 15 is 0 Å². The largest absolute Gasteiger partial charge is 0.497 e. The molecule has 5 rings (SSSR count). The van der Waals surface area contributed by atoms with Gasteiger partial charge in [-0.1, -0.05) is 0 Å². The van der Waals surface area contributed by atoms with Gasteiger partial charge in [-0.3, -0.25) is 14.8 Å². The zero-order chi connectivity index (χ0) is 23.5. The van der Waals surface area contributed by atoms with E-state index in [1.54, 1.807) is 7.11 Å². The second kappa shape index (κ2) is 10.5. The first kappa shape index (κ1) is 23.3. The van der Waals surface area contributed by atoms with E-state index in [4.69, 9.17) is 9.47 Å². The van der Waals surface area contributed by atoms with Crippen molar-refractivity contribution in [1.82, 2.24) is 24.9 Å². The number of aryl methyl sites for hydroxylation is 1. The predicted molar refractivity (Wildman–Crippen MR) is 131 cm³/mol. The standard InChI is InChI=1S/C26H37N5O3/c1-29(10-3-11-30-14-16-34-17-15-30)20-8-12-31(13-9-20)26(32)25-23-6-4-19-18-21(33-2)5-7-22(19)24(23)27-28-25/h5,7,18,20H,3-4,6,8-17H2,1-2H3,(H,27,28). The third-order valence-corrected chi connectivity index (χ3v) is 7.76. The lowest BCUT2D eigenvalue weighted by atomic mass is 9.88. The molecule has 0 spiro atoms. The third-order valence-electron chi connectivity index (χ3n) is 7.76. The molecule has 1 aromatic heterocycles. The van der Waals surface area contributed by atoms with Gasteiger partial charge in [-0.25, -0.2) is 0 Å². The monoisotopic (exact) mass is 467 g/mol. The number of hydrogen-bond donors (Lipinski definition) is 1. The quantitative estimate of drug-likeness (QED) is 0.674. The molecule has 2 fully saturated rings. The molecule has 2 aliphatic heterocycles. The average molecular weight is 468 g/mol. The molecule has 1 amide bonds. The van der Waals surface area contributed by atoms with E-state index in [0.717, 1.165) is 101 Å². The fraction of sp³-hybridized carbons (Fsp3) is 0.615. The summed E-state index contributed by atoms with van der Waals surface area (Å²) in [6.07, 6.45) is 4.97. The molecule has 3 heterocycles. The zero-order valence-corrected chi connectivity index (χ0v) is 20.5. The Morgan fingerprint density at radius 2 is 2.00 bits per heavy atom. The van der Waals surface area contributed by atoms with Crippen LogP contribution in [0.2, 0.25) is 0 Å². The number of ether oxygens (including phenoxy) is 2. The normalized spacial score (nSPS) is 19.2. The Balaban J connectivity index is 1.15. The number of aromatic nitrogens is 2. The van der Waals surface area contributed by atoms with E-state index < -0.39 is 0 Å². The Hall–Kier alpha value is -2.42. The number of rotatable bonds is 7. The maximum atomic E-state index is 13.4. The van der Waals surface area contributed by atoms with Crippen LogP contribution in [0.4, 0.5) is 0 Å². The zero-order valence-electron chi connectivity index (χ0n) is 20.5. The Kier molecular flexibility index (Phi) is 7.18. The van der Waals surface area contributed by atoms with Crippen LogP contribution in [0.25, 0.3) is 11.3 Å². The summed E-state index contributed by atoms with van der Waals surface area (Å²) in [5.41, 5.74) is 4.99. The number of hydrogen-bond acceptors (Lipinski definition) is 6. The Labute approximate surface area is 202 Å². The molecule has 8 heteroatoms. The summed E-state index contributed by atoms with van der Waals surface area (Å²) < 4.78 is 10.8. The first-order valence-corrected chi connectivity index (χ1v) is 12.7. The van der Waals surface area contributed by atoms with Crippen LogP contribution < -0.4 is 4.74 Å². The molecule has 0 bridgehead atoms. The summed E-state index contributed by atoms with van der Waals surface area (Å²) in [6, 6.07) is 6.65. The smallest absolute Gasteiger partial charge is 0.272 e. The van der Waals surface area contributed by atoms with Gasteiger partial charge >= 0.3 is 0 Å². The highest BCUT2D eigenvalue weighted by molar-refractivity contribution is 5.96. The van der Waals surface area contributed by atoms with Crippen LogP contribution in [0.1, 0.15) is 40.9 Å². The van der Waals surface area contributed by atoms with Crippen molar-refractivity contribution in [3.8, 4) is 17.0 Å². The van der Waals surface area contributed by atoms with Gasteiger partial charge in [-0.05, 0) is 76.0 Å². The topological polar surface area (TPSA) is 73.9 Å². The van der Waals surface area contributed by atoms with E-state index in [1.165, 1.54) is 12.0 Å². The van der Waals surface area contributed by atoms with Gasteiger partial charge in [-0.15, -0.1) is 0 Å². The number of morpholine rings is 1. The second-order valence-corrected chi connectivity index (χ2v) is 9.76. The summed E-state index contributed by atoms with van der Waals surface area (Å²) in [6.45, 7) is 7.70. The number of aromatic amines is 1. The van der Waals surface area contributed by atoms with Crippen molar-refractivity contribution in [3.05, 3.63) is 35.0 Å². The summed E-state index contributed by atoms with van der Waals surface area (Å²) in [5, 5.41) is 7.63. The van der Waals surface area contributed by atoms with E-state index in [1.807, 2.05) is 11.0 Å². The molecule has 2 aromatic rings. The molecule has 2 saturated heterocycles. The third kappa shape index (κ3) is 4.85. The number of carbonyl (C=O) groups is 1. The van der Waals surface area contributed by atoms with Crippen molar-refractivity contribution in [2.24, 2.45) is 0 Å². The van der Waals surface area contributed by atoms with Crippen molar-refractivity contribution >= 4 is 5.91 Å². The van der Waals surface area contributed by atoms with E-state index in [0.29, 0.717) is 11.7 Å². The molecule has 1 N–H and O–H groups in total. The highest BCUT2D eigenvalue weighted by Crippen LogP contribution is 2.36. The van der Waals surface area contributed by atoms with Crippen LogP contribution >= 0.6 is 0 Å². The number of amides is 1. The van der Waals surface area contributed by atoms with Gasteiger partial charge in [0.2, 0.25) is 0 Å². The number of H-pyrrole nitrogens is 1. The van der Waals surface area contributed by atoms with Crippen molar-refractivity contribution in [2.75, 3.05) is 66.6 Å². The lowest BCUT2D eigenvalue weighted by molar-refractivity contribution is 0.0349. The van der Waals surface area contributed by atoms with E-state index in [9.17, 15) is 4.79 Å². The molecule has 34 heavy (non-hydrogen) atoms. The second-order valence-electron chi connectivity index (χ2n) is 9.76. The van der Waals surface area contributed by atoms with Gasteiger partial charge in [0.05, 0.1) is 26.0 Å². The van der Waals surface area contributed by atoms with Gasteiger partial charge in [0.25, 0.3) is 5.91 Å². The van der Waals surface area contributed by atoms with Gasteiger partial charge in [0.1, 0.15) is 11.4 Å². The number of carbonyl (C=O) groups excluding carboxylic acids is 1. The van der Waals surface area contributed by atoms with Crippen molar-refractivity contribution in [1.29, 1.82) is 0 Å². The molecule has 3 aliphatic rings. The number of nitrogens with one attached hydrogen (secondary N) is 1. The van der Waals surface area contributed by atoms with Crippen molar-refractivity contribution < 1.29 is 14.3 Å². The SMILES string of the molecule is COc1ccc2c(c1)CCc1c-2n[nH]c1C(=O)N1CCC(N(C)CCCN2CCOCC2)CC1.